The van der Waals surface area contributed by atoms with Crippen LogP contribution in [0.1, 0.15) is 5.56 Å². The summed E-state index contributed by atoms with van der Waals surface area (Å²) in [6.07, 6.45) is 3.52. The summed E-state index contributed by atoms with van der Waals surface area (Å²) in [5.74, 6) is 0. The summed E-state index contributed by atoms with van der Waals surface area (Å²) in [6, 6.07) is 7.77. The van der Waals surface area contributed by atoms with E-state index in [9.17, 15) is 0 Å². The lowest BCUT2D eigenvalue weighted by Crippen LogP contribution is -2.00. The second kappa shape index (κ2) is 5.85. The van der Waals surface area contributed by atoms with Crippen LogP contribution in [0.4, 0.5) is 5.69 Å². The molecule has 1 heterocycles. The largest absolute Gasteiger partial charge is 0.380 e. The zero-order valence-corrected chi connectivity index (χ0v) is 12.7. The number of nitrogens with one attached hydrogen (secondary N) is 1. The topological polar surface area (TPSA) is 24.9 Å². The molecule has 2 nitrogen and oxygen atoms in total. The first-order valence-electron chi connectivity index (χ1n) is 4.93. The first-order chi connectivity index (χ1) is 8.15. The predicted octanol–water partition coefficient (Wildman–Crippen LogP) is 4.87. The van der Waals surface area contributed by atoms with E-state index in [0.717, 1.165) is 25.2 Å². The summed E-state index contributed by atoms with van der Waals surface area (Å²) in [5.41, 5.74) is 2.00. The maximum Gasteiger partial charge on any atom is 0.0540 e. The van der Waals surface area contributed by atoms with Crippen LogP contribution in [0, 0.1) is 0 Å². The minimum atomic E-state index is 0.663. The normalized spacial score (nSPS) is 10.3. The first-order valence-corrected chi connectivity index (χ1v) is 6.90. The van der Waals surface area contributed by atoms with E-state index in [1.54, 1.807) is 12.4 Å². The van der Waals surface area contributed by atoms with Gasteiger partial charge in [0.15, 0.2) is 0 Å². The molecule has 0 unspecified atom stereocenters. The van der Waals surface area contributed by atoms with Crippen molar-refractivity contribution in [1.29, 1.82) is 0 Å². The molecule has 2 rings (SSSR count). The van der Waals surface area contributed by atoms with E-state index in [1.807, 2.05) is 24.3 Å². The number of benzene rings is 1. The smallest absolute Gasteiger partial charge is 0.0540 e. The van der Waals surface area contributed by atoms with Crippen molar-refractivity contribution < 1.29 is 0 Å². The lowest BCUT2D eigenvalue weighted by Gasteiger charge is -2.08. The van der Waals surface area contributed by atoms with Gasteiger partial charge in [-0.2, -0.15) is 0 Å². The molecule has 0 spiro atoms. The van der Waals surface area contributed by atoms with Crippen LogP contribution < -0.4 is 5.32 Å². The van der Waals surface area contributed by atoms with Gasteiger partial charge < -0.3 is 5.32 Å². The Morgan fingerprint density at radius 1 is 1.12 bits per heavy atom. The fourth-order valence-electron chi connectivity index (χ4n) is 1.38. The van der Waals surface area contributed by atoms with Crippen LogP contribution in [0.3, 0.4) is 0 Å². The molecule has 0 radical (unpaired) electrons. The lowest BCUT2D eigenvalue weighted by molar-refractivity contribution is 1.13. The SMILES string of the molecule is Clc1ccc(Br)cc1CNc1cncc(Br)c1. The average molecular weight is 376 g/mol. The number of hydrogen-bond donors (Lipinski definition) is 1. The summed E-state index contributed by atoms with van der Waals surface area (Å²) in [4.78, 5) is 4.08. The molecule has 1 N–H and O–H groups in total. The molecule has 5 heteroatoms. The summed E-state index contributed by atoms with van der Waals surface area (Å²) in [5, 5.41) is 4.03. The van der Waals surface area contributed by atoms with Crippen LogP contribution in [0.2, 0.25) is 5.02 Å². The standard InChI is InChI=1S/C12H9Br2ClN2/c13-9-1-2-12(15)8(3-9)5-17-11-4-10(14)6-16-7-11/h1-4,6-7,17H,5H2. The van der Waals surface area contributed by atoms with E-state index in [4.69, 9.17) is 11.6 Å². The molecule has 1 aromatic heterocycles. The maximum atomic E-state index is 6.11. The van der Waals surface area contributed by atoms with Gasteiger partial charge in [-0.1, -0.05) is 27.5 Å². The molecule has 17 heavy (non-hydrogen) atoms. The van der Waals surface area contributed by atoms with Gasteiger partial charge in [0.25, 0.3) is 0 Å². The van der Waals surface area contributed by atoms with Crippen molar-refractivity contribution in [2.75, 3.05) is 5.32 Å². The van der Waals surface area contributed by atoms with E-state index in [-0.39, 0.29) is 0 Å². The number of pyridine rings is 1. The molecule has 0 aliphatic heterocycles. The highest BCUT2D eigenvalue weighted by Gasteiger charge is 2.01. The number of hydrogen-bond acceptors (Lipinski definition) is 2. The highest BCUT2D eigenvalue weighted by atomic mass is 79.9. The first kappa shape index (κ1) is 12.9. The lowest BCUT2D eigenvalue weighted by atomic mass is 10.2. The van der Waals surface area contributed by atoms with E-state index in [0.29, 0.717) is 6.54 Å². The van der Waals surface area contributed by atoms with E-state index in [1.165, 1.54) is 0 Å². The fourth-order valence-corrected chi connectivity index (χ4v) is 2.34. The van der Waals surface area contributed by atoms with Crippen molar-refractivity contribution in [3.8, 4) is 0 Å². The number of anilines is 1. The van der Waals surface area contributed by atoms with Crippen molar-refractivity contribution in [3.05, 3.63) is 56.2 Å². The second-order valence-corrected chi connectivity index (χ2v) is 5.72. The van der Waals surface area contributed by atoms with Crippen LogP contribution in [0.25, 0.3) is 0 Å². The third kappa shape index (κ3) is 3.69. The van der Waals surface area contributed by atoms with Crippen LogP contribution in [-0.2, 0) is 6.54 Å². The van der Waals surface area contributed by atoms with Gasteiger partial charge in [0.05, 0.1) is 11.9 Å². The highest BCUT2D eigenvalue weighted by Crippen LogP contribution is 2.22. The minimum Gasteiger partial charge on any atom is -0.380 e. The van der Waals surface area contributed by atoms with Gasteiger partial charge in [0, 0.05) is 26.7 Å². The Balaban J connectivity index is 2.09. The Kier molecular flexibility index (Phi) is 4.42. The third-order valence-corrected chi connectivity index (χ3v) is 3.49. The molecule has 0 fully saturated rings. The van der Waals surface area contributed by atoms with E-state index >= 15 is 0 Å². The van der Waals surface area contributed by atoms with Gasteiger partial charge >= 0.3 is 0 Å². The summed E-state index contributed by atoms with van der Waals surface area (Å²) in [6.45, 7) is 0.663. The Morgan fingerprint density at radius 2 is 1.94 bits per heavy atom. The summed E-state index contributed by atoms with van der Waals surface area (Å²) >= 11 is 12.9. The molecule has 0 aliphatic rings. The van der Waals surface area contributed by atoms with Crippen molar-refractivity contribution in [1.82, 2.24) is 4.98 Å². The van der Waals surface area contributed by atoms with Gasteiger partial charge in [-0.25, -0.2) is 0 Å². The fraction of sp³-hybridized carbons (Fsp3) is 0.0833. The Labute approximate surface area is 122 Å². The van der Waals surface area contributed by atoms with Gasteiger partial charge in [-0.3, -0.25) is 4.98 Å². The molecule has 0 aliphatic carbocycles. The van der Waals surface area contributed by atoms with Crippen LogP contribution in [0.5, 0.6) is 0 Å². The summed E-state index contributed by atoms with van der Waals surface area (Å²) in [7, 11) is 0. The van der Waals surface area contributed by atoms with Gasteiger partial charge in [-0.15, -0.1) is 0 Å². The van der Waals surface area contributed by atoms with E-state index < -0.39 is 0 Å². The Hall–Kier alpha value is -0.580. The molecule has 1 aromatic carbocycles. The average Bonchev–Trinajstić information content (AvgIpc) is 2.30. The molecule has 0 atom stereocenters. The van der Waals surface area contributed by atoms with Crippen molar-refractivity contribution in [2.24, 2.45) is 0 Å². The molecular weight excluding hydrogens is 367 g/mol. The van der Waals surface area contributed by atoms with E-state index in [2.05, 4.69) is 42.2 Å². The molecule has 2 aromatic rings. The molecular formula is C12H9Br2ClN2. The number of rotatable bonds is 3. The quantitative estimate of drug-likeness (QED) is 0.826. The molecule has 0 saturated carbocycles. The van der Waals surface area contributed by atoms with Crippen molar-refractivity contribution in [2.45, 2.75) is 6.54 Å². The van der Waals surface area contributed by atoms with Crippen LogP contribution >= 0.6 is 43.5 Å². The van der Waals surface area contributed by atoms with Crippen molar-refractivity contribution in [3.63, 3.8) is 0 Å². The number of nitrogens with zero attached hydrogens (tertiary/aromatic N) is 1. The minimum absolute atomic E-state index is 0.663. The Morgan fingerprint density at radius 3 is 2.71 bits per heavy atom. The Bertz CT molecular complexity index is 532. The molecule has 0 bridgehead atoms. The predicted molar refractivity (Wildman–Crippen MR) is 78.4 cm³/mol. The second-order valence-electron chi connectivity index (χ2n) is 3.48. The van der Waals surface area contributed by atoms with Gasteiger partial charge in [0.1, 0.15) is 0 Å². The zero-order chi connectivity index (χ0) is 12.3. The molecule has 0 amide bonds. The zero-order valence-electron chi connectivity index (χ0n) is 8.75. The van der Waals surface area contributed by atoms with Crippen molar-refractivity contribution >= 4 is 49.1 Å². The van der Waals surface area contributed by atoms with Crippen LogP contribution in [-0.4, -0.2) is 4.98 Å². The molecule has 88 valence electrons. The van der Waals surface area contributed by atoms with Gasteiger partial charge in [0.2, 0.25) is 0 Å². The summed E-state index contributed by atoms with van der Waals surface area (Å²) < 4.78 is 1.97. The monoisotopic (exact) mass is 374 g/mol. The maximum absolute atomic E-state index is 6.11. The molecule has 0 saturated heterocycles. The highest BCUT2D eigenvalue weighted by molar-refractivity contribution is 9.10. The third-order valence-electron chi connectivity index (χ3n) is 2.20. The number of halogens is 3. The number of aromatic nitrogens is 1. The van der Waals surface area contributed by atoms with Crippen LogP contribution in [0.15, 0.2) is 45.6 Å². The van der Waals surface area contributed by atoms with Gasteiger partial charge in [-0.05, 0) is 45.8 Å².